The van der Waals surface area contributed by atoms with E-state index in [1.165, 1.54) is 18.5 Å². The van der Waals surface area contributed by atoms with Gasteiger partial charge in [0.2, 0.25) is 0 Å². The molecule has 3 aromatic rings. The van der Waals surface area contributed by atoms with Crippen molar-refractivity contribution in [2.24, 2.45) is 0 Å². The normalized spacial score (nSPS) is 10.3. The maximum absolute atomic E-state index is 13.2. The fraction of sp³-hybridized carbons (Fsp3) is 0. The minimum absolute atomic E-state index is 0.299. The molecule has 0 radical (unpaired) electrons. The van der Waals surface area contributed by atoms with Crippen molar-refractivity contribution in [1.82, 2.24) is 9.97 Å². The average molecular weight is 359 g/mol. The highest BCUT2D eigenvalue weighted by molar-refractivity contribution is 9.10. The lowest BCUT2D eigenvalue weighted by atomic mass is 10.3. The quantitative estimate of drug-likeness (QED) is 0.698. The van der Waals surface area contributed by atoms with Gasteiger partial charge in [0, 0.05) is 21.9 Å². The maximum atomic E-state index is 13.2. The van der Waals surface area contributed by atoms with Gasteiger partial charge in [-0.2, -0.15) is 0 Å². The number of nitrogens with one attached hydrogen (secondary N) is 2. The third-order valence-electron chi connectivity index (χ3n) is 2.86. The van der Waals surface area contributed by atoms with Crippen molar-refractivity contribution in [3.63, 3.8) is 0 Å². The Labute approximate surface area is 135 Å². The van der Waals surface area contributed by atoms with E-state index in [-0.39, 0.29) is 5.82 Å². The lowest BCUT2D eigenvalue weighted by molar-refractivity contribution is 0.628. The summed E-state index contributed by atoms with van der Waals surface area (Å²) in [6.07, 6.45) is 1.45. The first-order valence-electron chi connectivity index (χ1n) is 6.56. The zero-order chi connectivity index (χ0) is 15.4. The molecule has 0 amide bonds. The number of halogens is 2. The summed E-state index contributed by atoms with van der Waals surface area (Å²) in [4.78, 5) is 8.30. The summed E-state index contributed by atoms with van der Waals surface area (Å²) >= 11 is 3.42. The zero-order valence-electron chi connectivity index (χ0n) is 11.4. The first-order valence-corrected chi connectivity index (χ1v) is 7.35. The van der Waals surface area contributed by atoms with Gasteiger partial charge in [0.25, 0.3) is 0 Å². The molecule has 22 heavy (non-hydrogen) atoms. The van der Waals surface area contributed by atoms with Crippen LogP contribution in [0.15, 0.2) is 65.4 Å². The van der Waals surface area contributed by atoms with E-state index < -0.39 is 0 Å². The molecule has 0 spiro atoms. The standard InChI is InChI=1S/C16H12BrFN4/c17-11-3-1-5-13(7-11)21-15-9-16(20-10-19-15)22-14-6-2-4-12(18)8-14/h1-10H,(H2,19,20,21,22). The molecule has 0 aliphatic heterocycles. The highest BCUT2D eigenvalue weighted by Gasteiger charge is 2.02. The van der Waals surface area contributed by atoms with E-state index in [1.54, 1.807) is 18.2 Å². The fourth-order valence-electron chi connectivity index (χ4n) is 1.92. The van der Waals surface area contributed by atoms with Crippen LogP contribution >= 0.6 is 15.9 Å². The van der Waals surface area contributed by atoms with Gasteiger partial charge < -0.3 is 10.6 Å². The van der Waals surface area contributed by atoms with Crippen LogP contribution < -0.4 is 10.6 Å². The molecule has 0 atom stereocenters. The molecule has 0 saturated heterocycles. The topological polar surface area (TPSA) is 49.8 Å². The first kappa shape index (κ1) is 14.5. The molecular weight excluding hydrogens is 347 g/mol. The van der Waals surface area contributed by atoms with E-state index in [0.29, 0.717) is 17.3 Å². The maximum Gasteiger partial charge on any atom is 0.135 e. The van der Waals surface area contributed by atoms with E-state index in [9.17, 15) is 4.39 Å². The SMILES string of the molecule is Fc1cccc(Nc2cc(Nc3cccc(Br)c3)ncn2)c1. The lowest BCUT2D eigenvalue weighted by Gasteiger charge is -2.09. The van der Waals surface area contributed by atoms with E-state index in [0.717, 1.165) is 10.2 Å². The molecule has 0 unspecified atom stereocenters. The van der Waals surface area contributed by atoms with Gasteiger partial charge in [0.15, 0.2) is 0 Å². The molecule has 0 aliphatic rings. The van der Waals surface area contributed by atoms with Crippen LogP contribution in [0.3, 0.4) is 0 Å². The molecule has 110 valence electrons. The smallest absolute Gasteiger partial charge is 0.135 e. The molecule has 0 bridgehead atoms. The first-order chi connectivity index (χ1) is 10.7. The van der Waals surface area contributed by atoms with Gasteiger partial charge in [0.05, 0.1) is 0 Å². The number of aromatic nitrogens is 2. The van der Waals surface area contributed by atoms with Crippen molar-refractivity contribution in [3.05, 3.63) is 71.2 Å². The molecule has 0 aliphatic carbocycles. The van der Waals surface area contributed by atoms with Crippen molar-refractivity contribution >= 4 is 38.9 Å². The monoisotopic (exact) mass is 358 g/mol. The Kier molecular flexibility index (Phi) is 4.29. The summed E-state index contributed by atoms with van der Waals surface area (Å²) in [5.74, 6) is 0.927. The van der Waals surface area contributed by atoms with Crippen LogP contribution in [0.25, 0.3) is 0 Å². The number of rotatable bonds is 4. The summed E-state index contributed by atoms with van der Waals surface area (Å²) in [5.41, 5.74) is 1.54. The molecule has 1 heterocycles. The second-order valence-corrected chi connectivity index (χ2v) is 5.47. The molecule has 4 nitrogen and oxygen atoms in total. The van der Waals surface area contributed by atoms with E-state index in [4.69, 9.17) is 0 Å². The van der Waals surface area contributed by atoms with Gasteiger partial charge in [-0.25, -0.2) is 14.4 Å². The van der Waals surface area contributed by atoms with E-state index in [2.05, 4.69) is 36.5 Å². The molecule has 0 saturated carbocycles. The number of hydrogen-bond acceptors (Lipinski definition) is 4. The summed E-state index contributed by atoms with van der Waals surface area (Å²) in [7, 11) is 0. The van der Waals surface area contributed by atoms with Crippen LogP contribution in [0.1, 0.15) is 0 Å². The molecule has 1 aromatic heterocycles. The lowest BCUT2D eigenvalue weighted by Crippen LogP contribution is -1.98. The van der Waals surface area contributed by atoms with Gasteiger partial charge in [0.1, 0.15) is 23.8 Å². The van der Waals surface area contributed by atoms with Crippen LogP contribution in [-0.2, 0) is 0 Å². The third-order valence-corrected chi connectivity index (χ3v) is 3.35. The Balaban J connectivity index is 1.78. The summed E-state index contributed by atoms with van der Waals surface area (Å²) in [5, 5.41) is 6.23. The van der Waals surface area contributed by atoms with E-state index in [1.807, 2.05) is 24.3 Å². The van der Waals surface area contributed by atoms with Gasteiger partial charge >= 0.3 is 0 Å². The Hall–Kier alpha value is -2.47. The summed E-state index contributed by atoms with van der Waals surface area (Å²) in [6.45, 7) is 0. The predicted molar refractivity (Wildman–Crippen MR) is 89.1 cm³/mol. The van der Waals surface area contributed by atoms with Crippen molar-refractivity contribution < 1.29 is 4.39 Å². The Morgan fingerprint density at radius 1 is 0.818 bits per heavy atom. The second kappa shape index (κ2) is 6.53. The van der Waals surface area contributed by atoms with Gasteiger partial charge in [-0.3, -0.25) is 0 Å². The fourth-order valence-corrected chi connectivity index (χ4v) is 2.32. The number of hydrogen-bond donors (Lipinski definition) is 2. The average Bonchev–Trinajstić information content (AvgIpc) is 2.47. The Morgan fingerprint density at radius 3 is 2.09 bits per heavy atom. The van der Waals surface area contributed by atoms with Crippen LogP contribution in [0.5, 0.6) is 0 Å². The van der Waals surface area contributed by atoms with Crippen LogP contribution in [0.2, 0.25) is 0 Å². The Bertz CT molecular complexity index is 732. The van der Waals surface area contributed by atoms with Crippen LogP contribution in [0.4, 0.5) is 27.4 Å². The molecule has 6 heteroatoms. The largest absolute Gasteiger partial charge is 0.340 e. The van der Waals surface area contributed by atoms with Crippen molar-refractivity contribution in [2.75, 3.05) is 10.6 Å². The molecule has 3 rings (SSSR count). The summed E-state index contributed by atoms with van der Waals surface area (Å²) < 4.78 is 14.2. The molecule has 0 fully saturated rings. The molecule has 2 aromatic carbocycles. The highest BCUT2D eigenvalue weighted by Crippen LogP contribution is 2.21. The van der Waals surface area contributed by atoms with Crippen molar-refractivity contribution in [2.45, 2.75) is 0 Å². The third kappa shape index (κ3) is 3.79. The molecule has 2 N–H and O–H groups in total. The number of nitrogens with zero attached hydrogens (tertiary/aromatic N) is 2. The van der Waals surface area contributed by atoms with Crippen molar-refractivity contribution in [3.8, 4) is 0 Å². The van der Waals surface area contributed by atoms with Gasteiger partial charge in [-0.1, -0.05) is 28.1 Å². The predicted octanol–water partition coefficient (Wildman–Crippen LogP) is 4.87. The second-order valence-electron chi connectivity index (χ2n) is 4.56. The highest BCUT2D eigenvalue weighted by atomic mass is 79.9. The minimum Gasteiger partial charge on any atom is -0.340 e. The Morgan fingerprint density at radius 2 is 1.45 bits per heavy atom. The zero-order valence-corrected chi connectivity index (χ0v) is 13.0. The van der Waals surface area contributed by atoms with Crippen LogP contribution in [0, 0.1) is 5.82 Å². The van der Waals surface area contributed by atoms with Gasteiger partial charge in [-0.15, -0.1) is 0 Å². The van der Waals surface area contributed by atoms with Gasteiger partial charge in [-0.05, 0) is 36.4 Å². The van der Waals surface area contributed by atoms with E-state index >= 15 is 0 Å². The van der Waals surface area contributed by atoms with Crippen LogP contribution in [-0.4, -0.2) is 9.97 Å². The minimum atomic E-state index is -0.299. The summed E-state index contributed by atoms with van der Waals surface area (Å²) in [6, 6.07) is 15.7. The number of anilines is 4. The van der Waals surface area contributed by atoms with Crippen molar-refractivity contribution in [1.29, 1.82) is 0 Å². The number of benzene rings is 2. The molecular formula is C16H12BrFN4.